The lowest BCUT2D eigenvalue weighted by atomic mass is 10.0. The van der Waals surface area contributed by atoms with Gasteiger partial charge in [-0.15, -0.1) is 0 Å². The zero-order valence-corrected chi connectivity index (χ0v) is 18.2. The molecule has 0 aliphatic carbocycles. The van der Waals surface area contributed by atoms with E-state index in [-0.39, 0.29) is 0 Å². The van der Waals surface area contributed by atoms with E-state index in [0.717, 1.165) is 66.3 Å². The molecule has 0 bridgehead atoms. The van der Waals surface area contributed by atoms with Gasteiger partial charge in [0.15, 0.2) is 0 Å². The number of aromatic nitrogens is 4. The molecule has 4 nitrogen and oxygen atoms in total. The van der Waals surface area contributed by atoms with Crippen LogP contribution in [-0.4, -0.2) is 19.9 Å². The normalized spacial score (nSPS) is 11.5. The molecule has 7 aromatic rings. The number of hydrogen-bond donors (Lipinski definition) is 0. The molecule has 4 heterocycles. The standard InChI is InChI=1S/C30H18N4/c1-2-8-24-19(5-1)12-16-27(32-24)28-17-14-23-22(7-3-9-25(23)33-28)26-15-13-21-11-10-20-6-4-18-31-29(20)30(21)34-26/h1-18H. The molecule has 0 saturated carbocycles. The molecular weight excluding hydrogens is 416 g/mol. The van der Waals surface area contributed by atoms with E-state index in [1.165, 1.54) is 0 Å². The van der Waals surface area contributed by atoms with E-state index in [4.69, 9.17) is 15.0 Å². The maximum atomic E-state index is 5.04. The van der Waals surface area contributed by atoms with Crippen molar-refractivity contribution in [3.63, 3.8) is 0 Å². The first-order valence-electron chi connectivity index (χ1n) is 11.2. The smallest absolute Gasteiger partial charge is 0.0972 e. The summed E-state index contributed by atoms with van der Waals surface area (Å²) in [5, 5.41) is 4.36. The molecule has 0 aliphatic rings. The fourth-order valence-electron chi connectivity index (χ4n) is 4.60. The number of fused-ring (bicyclic) bond motifs is 5. The summed E-state index contributed by atoms with van der Waals surface area (Å²) in [4.78, 5) is 19.4. The van der Waals surface area contributed by atoms with Crippen molar-refractivity contribution in [1.29, 1.82) is 0 Å². The maximum Gasteiger partial charge on any atom is 0.0972 e. The molecule has 34 heavy (non-hydrogen) atoms. The molecule has 0 N–H and O–H groups in total. The molecule has 0 amide bonds. The van der Waals surface area contributed by atoms with Gasteiger partial charge < -0.3 is 0 Å². The van der Waals surface area contributed by atoms with Crippen LogP contribution in [0.15, 0.2) is 109 Å². The Kier molecular flexibility index (Phi) is 4.11. The van der Waals surface area contributed by atoms with Crippen LogP contribution in [-0.2, 0) is 0 Å². The van der Waals surface area contributed by atoms with Gasteiger partial charge in [0.05, 0.1) is 39.1 Å². The Morgan fingerprint density at radius 2 is 1.09 bits per heavy atom. The van der Waals surface area contributed by atoms with Gasteiger partial charge in [0.25, 0.3) is 0 Å². The summed E-state index contributed by atoms with van der Waals surface area (Å²) in [5.41, 5.74) is 7.42. The van der Waals surface area contributed by atoms with E-state index >= 15 is 0 Å². The van der Waals surface area contributed by atoms with Crippen LogP contribution in [0.3, 0.4) is 0 Å². The zero-order chi connectivity index (χ0) is 22.5. The van der Waals surface area contributed by atoms with Gasteiger partial charge >= 0.3 is 0 Å². The Morgan fingerprint density at radius 1 is 0.412 bits per heavy atom. The van der Waals surface area contributed by atoms with Crippen molar-refractivity contribution in [2.75, 3.05) is 0 Å². The van der Waals surface area contributed by atoms with Crippen molar-refractivity contribution >= 4 is 43.6 Å². The summed E-state index contributed by atoms with van der Waals surface area (Å²) in [6, 6.07) is 35.0. The summed E-state index contributed by atoms with van der Waals surface area (Å²) < 4.78 is 0. The number of hydrogen-bond acceptors (Lipinski definition) is 4. The molecule has 4 heteroatoms. The van der Waals surface area contributed by atoms with Crippen molar-refractivity contribution in [2.24, 2.45) is 0 Å². The second kappa shape index (κ2) is 7.42. The summed E-state index contributed by atoms with van der Waals surface area (Å²) in [7, 11) is 0. The van der Waals surface area contributed by atoms with Gasteiger partial charge in [-0.2, -0.15) is 0 Å². The first-order valence-corrected chi connectivity index (χ1v) is 11.2. The van der Waals surface area contributed by atoms with Gasteiger partial charge in [-0.3, -0.25) is 4.98 Å². The second-order valence-corrected chi connectivity index (χ2v) is 8.37. The topological polar surface area (TPSA) is 51.6 Å². The predicted octanol–water partition coefficient (Wildman–Crippen LogP) is 7.21. The maximum absolute atomic E-state index is 5.04. The molecule has 0 atom stereocenters. The highest BCUT2D eigenvalue weighted by Crippen LogP contribution is 2.31. The highest BCUT2D eigenvalue weighted by molar-refractivity contribution is 6.04. The Morgan fingerprint density at radius 3 is 2.03 bits per heavy atom. The van der Waals surface area contributed by atoms with Crippen LogP contribution in [0, 0.1) is 0 Å². The minimum absolute atomic E-state index is 0.858. The van der Waals surface area contributed by atoms with E-state index < -0.39 is 0 Å². The number of rotatable bonds is 2. The van der Waals surface area contributed by atoms with Gasteiger partial charge in [-0.1, -0.05) is 60.7 Å². The SMILES string of the molecule is c1ccc2nc(-c3ccc4c(-c5ccc6ccc7cccnc7c6n5)cccc4n3)ccc2c1. The molecule has 4 aromatic heterocycles. The quantitative estimate of drug-likeness (QED) is 0.270. The monoisotopic (exact) mass is 434 g/mol. The molecule has 0 aliphatic heterocycles. The molecule has 0 fully saturated rings. The Hall–Kier alpha value is -4.70. The van der Waals surface area contributed by atoms with Crippen molar-refractivity contribution in [1.82, 2.24) is 19.9 Å². The highest BCUT2D eigenvalue weighted by Gasteiger charge is 2.11. The molecule has 0 unspecified atom stereocenters. The first-order chi connectivity index (χ1) is 16.8. The lowest BCUT2D eigenvalue weighted by Crippen LogP contribution is -1.92. The predicted molar refractivity (Wildman–Crippen MR) is 139 cm³/mol. The number of para-hydroxylation sites is 1. The third-order valence-electron chi connectivity index (χ3n) is 6.30. The Labute approximate surface area is 195 Å². The van der Waals surface area contributed by atoms with Crippen LogP contribution < -0.4 is 0 Å². The van der Waals surface area contributed by atoms with Crippen LogP contribution in [0.2, 0.25) is 0 Å². The van der Waals surface area contributed by atoms with Crippen LogP contribution in [0.25, 0.3) is 66.3 Å². The summed E-state index contributed by atoms with van der Waals surface area (Å²) in [6.07, 6.45) is 1.82. The van der Waals surface area contributed by atoms with E-state index in [9.17, 15) is 0 Å². The molecule has 0 saturated heterocycles. The average molecular weight is 435 g/mol. The fraction of sp³-hybridized carbons (Fsp3) is 0. The third-order valence-corrected chi connectivity index (χ3v) is 6.30. The van der Waals surface area contributed by atoms with Gasteiger partial charge in [0, 0.05) is 33.3 Å². The van der Waals surface area contributed by atoms with Crippen molar-refractivity contribution < 1.29 is 0 Å². The molecule has 158 valence electrons. The van der Waals surface area contributed by atoms with Gasteiger partial charge in [0.1, 0.15) is 0 Å². The number of nitrogens with zero attached hydrogens (tertiary/aromatic N) is 4. The van der Waals surface area contributed by atoms with Gasteiger partial charge in [0.2, 0.25) is 0 Å². The largest absolute Gasteiger partial charge is 0.254 e. The number of pyridine rings is 4. The van der Waals surface area contributed by atoms with E-state index in [0.29, 0.717) is 0 Å². The number of benzene rings is 3. The van der Waals surface area contributed by atoms with Crippen LogP contribution in [0.5, 0.6) is 0 Å². The molecule has 7 rings (SSSR count). The minimum atomic E-state index is 0.858. The van der Waals surface area contributed by atoms with Crippen LogP contribution in [0.1, 0.15) is 0 Å². The van der Waals surface area contributed by atoms with E-state index in [1.807, 2.05) is 54.7 Å². The Balaban J connectivity index is 1.38. The lowest BCUT2D eigenvalue weighted by molar-refractivity contribution is 1.32. The second-order valence-electron chi connectivity index (χ2n) is 8.37. The molecule has 0 spiro atoms. The molecule has 3 aromatic carbocycles. The van der Waals surface area contributed by atoms with Crippen LogP contribution in [0.4, 0.5) is 0 Å². The summed E-state index contributed by atoms with van der Waals surface area (Å²) >= 11 is 0. The van der Waals surface area contributed by atoms with E-state index in [1.54, 1.807) is 0 Å². The minimum Gasteiger partial charge on any atom is -0.254 e. The molecule has 0 radical (unpaired) electrons. The van der Waals surface area contributed by atoms with Gasteiger partial charge in [-0.25, -0.2) is 15.0 Å². The lowest BCUT2D eigenvalue weighted by Gasteiger charge is -2.10. The van der Waals surface area contributed by atoms with Gasteiger partial charge in [-0.05, 0) is 42.5 Å². The van der Waals surface area contributed by atoms with Crippen molar-refractivity contribution in [3.05, 3.63) is 109 Å². The fourth-order valence-corrected chi connectivity index (χ4v) is 4.60. The summed E-state index contributed by atoms with van der Waals surface area (Å²) in [5.74, 6) is 0. The highest BCUT2D eigenvalue weighted by atomic mass is 14.8. The van der Waals surface area contributed by atoms with Crippen LogP contribution >= 0.6 is 0 Å². The van der Waals surface area contributed by atoms with E-state index in [2.05, 4.69) is 59.6 Å². The average Bonchev–Trinajstić information content (AvgIpc) is 2.91. The van der Waals surface area contributed by atoms with Crippen molar-refractivity contribution in [2.45, 2.75) is 0 Å². The Bertz CT molecular complexity index is 1870. The molecular formula is C30H18N4. The van der Waals surface area contributed by atoms with Crippen molar-refractivity contribution in [3.8, 4) is 22.6 Å². The first kappa shape index (κ1) is 18.8. The zero-order valence-electron chi connectivity index (χ0n) is 18.2. The third kappa shape index (κ3) is 3.00. The summed E-state index contributed by atoms with van der Waals surface area (Å²) in [6.45, 7) is 0.